The van der Waals surface area contributed by atoms with Crippen molar-refractivity contribution in [3.8, 4) is 0 Å². The summed E-state index contributed by atoms with van der Waals surface area (Å²) in [6.07, 6.45) is 2.87. The van der Waals surface area contributed by atoms with E-state index in [1.807, 2.05) is 24.4 Å². The molecular weight excluding hydrogens is 365 g/mol. The third-order valence-corrected chi connectivity index (χ3v) is 5.84. The maximum atomic E-state index is 14.1. The quantitative estimate of drug-likeness (QED) is 0.685. The molecule has 2 aromatic carbocycles. The zero-order chi connectivity index (χ0) is 19.6. The van der Waals surface area contributed by atoms with Gasteiger partial charge in [-0.2, -0.15) is 4.98 Å². The summed E-state index contributed by atoms with van der Waals surface area (Å²) in [7, 11) is 0. The van der Waals surface area contributed by atoms with E-state index in [-0.39, 0.29) is 5.82 Å². The van der Waals surface area contributed by atoms with Crippen molar-refractivity contribution in [2.45, 2.75) is 13.0 Å². The van der Waals surface area contributed by atoms with E-state index >= 15 is 0 Å². The lowest BCUT2D eigenvalue weighted by molar-refractivity contribution is 0.595. The van der Waals surface area contributed by atoms with Crippen LogP contribution >= 0.6 is 0 Å². The number of halogens is 1. The Bertz CT molecular complexity index is 1000. The SMILES string of the molecule is Fc1ccccc1N1CCN(c2ccnc(N3CCc4ccccc4C3)n2)CC1. The van der Waals surface area contributed by atoms with Crippen LogP contribution in [0.4, 0.5) is 21.8 Å². The van der Waals surface area contributed by atoms with E-state index in [0.29, 0.717) is 5.69 Å². The standard InChI is InChI=1S/C23H24FN5/c24-20-7-3-4-8-21(20)27-13-15-28(16-14-27)22-9-11-25-23(26-22)29-12-10-18-5-1-2-6-19(18)17-29/h1-9,11H,10,12-17H2. The molecular formula is C23H24FN5. The smallest absolute Gasteiger partial charge is 0.227 e. The molecule has 3 heterocycles. The van der Waals surface area contributed by atoms with Crippen LogP contribution in [0.3, 0.4) is 0 Å². The normalized spacial score (nSPS) is 16.7. The Morgan fingerprint density at radius 2 is 1.45 bits per heavy atom. The Kier molecular flexibility index (Phi) is 4.76. The Labute approximate surface area is 170 Å². The van der Waals surface area contributed by atoms with Gasteiger partial charge in [0.1, 0.15) is 11.6 Å². The van der Waals surface area contributed by atoms with Gasteiger partial charge in [0.05, 0.1) is 5.69 Å². The van der Waals surface area contributed by atoms with Crippen molar-refractivity contribution in [1.82, 2.24) is 9.97 Å². The largest absolute Gasteiger partial charge is 0.366 e. The number of rotatable bonds is 3. The lowest BCUT2D eigenvalue weighted by Crippen LogP contribution is -2.47. The molecule has 148 valence electrons. The molecule has 0 bridgehead atoms. The van der Waals surface area contributed by atoms with Gasteiger partial charge in [0.15, 0.2) is 0 Å². The van der Waals surface area contributed by atoms with Gasteiger partial charge in [0.2, 0.25) is 5.95 Å². The van der Waals surface area contributed by atoms with Crippen LogP contribution in [0.15, 0.2) is 60.8 Å². The molecule has 0 spiro atoms. The summed E-state index contributed by atoms with van der Waals surface area (Å²) in [4.78, 5) is 16.0. The van der Waals surface area contributed by atoms with Gasteiger partial charge in [-0.25, -0.2) is 9.37 Å². The Hall–Kier alpha value is -3.15. The number of hydrogen-bond acceptors (Lipinski definition) is 5. The van der Waals surface area contributed by atoms with Gasteiger partial charge < -0.3 is 14.7 Å². The number of hydrogen-bond donors (Lipinski definition) is 0. The molecule has 0 saturated carbocycles. The Balaban J connectivity index is 1.28. The third-order valence-electron chi connectivity index (χ3n) is 5.84. The fourth-order valence-corrected chi connectivity index (χ4v) is 4.22. The molecule has 1 saturated heterocycles. The summed E-state index contributed by atoms with van der Waals surface area (Å²) in [5, 5.41) is 0. The van der Waals surface area contributed by atoms with E-state index in [1.165, 1.54) is 17.2 Å². The number of aromatic nitrogens is 2. The van der Waals surface area contributed by atoms with Crippen molar-refractivity contribution in [2.75, 3.05) is 47.4 Å². The maximum Gasteiger partial charge on any atom is 0.227 e. The van der Waals surface area contributed by atoms with Crippen LogP contribution in [0.1, 0.15) is 11.1 Å². The highest BCUT2D eigenvalue weighted by Crippen LogP contribution is 2.25. The van der Waals surface area contributed by atoms with Gasteiger partial charge in [0, 0.05) is 45.5 Å². The van der Waals surface area contributed by atoms with Crippen molar-refractivity contribution in [2.24, 2.45) is 0 Å². The fraction of sp³-hybridized carbons (Fsp3) is 0.304. The highest BCUT2D eigenvalue weighted by atomic mass is 19.1. The molecule has 2 aliphatic rings. The molecule has 1 aromatic heterocycles. The molecule has 2 aliphatic heterocycles. The Morgan fingerprint density at radius 1 is 0.724 bits per heavy atom. The Morgan fingerprint density at radius 3 is 2.28 bits per heavy atom. The second-order valence-corrected chi connectivity index (χ2v) is 7.58. The predicted octanol–water partition coefficient (Wildman–Crippen LogP) is 3.51. The summed E-state index contributed by atoms with van der Waals surface area (Å²) >= 11 is 0. The van der Waals surface area contributed by atoms with Crippen LogP contribution in [0, 0.1) is 5.82 Å². The minimum Gasteiger partial charge on any atom is -0.366 e. The molecule has 29 heavy (non-hydrogen) atoms. The van der Waals surface area contributed by atoms with Crippen molar-refractivity contribution < 1.29 is 4.39 Å². The second kappa shape index (κ2) is 7.70. The van der Waals surface area contributed by atoms with Crippen molar-refractivity contribution in [1.29, 1.82) is 0 Å². The number of anilines is 3. The first-order valence-corrected chi connectivity index (χ1v) is 10.2. The van der Waals surface area contributed by atoms with E-state index in [0.717, 1.165) is 57.5 Å². The predicted molar refractivity (Wildman–Crippen MR) is 114 cm³/mol. The molecule has 5 nitrogen and oxygen atoms in total. The number of piperazine rings is 1. The van der Waals surface area contributed by atoms with E-state index < -0.39 is 0 Å². The van der Waals surface area contributed by atoms with Gasteiger partial charge >= 0.3 is 0 Å². The van der Waals surface area contributed by atoms with Gasteiger partial charge in [-0.05, 0) is 35.7 Å². The number of fused-ring (bicyclic) bond motifs is 1. The summed E-state index contributed by atoms with van der Waals surface area (Å²) in [5.41, 5.74) is 3.46. The lowest BCUT2D eigenvalue weighted by Gasteiger charge is -2.37. The lowest BCUT2D eigenvalue weighted by atomic mass is 10.0. The minimum absolute atomic E-state index is 0.157. The average Bonchev–Trinajstić information content (AvgIpc) is 2.79. The van der Waals surface area contributed by atoms with Crippen LogP contribution in [0.5, 0.6) is 0 Å². The van der Waals surface area contributed by atoms with Gasteiger partial charge in [-0.3, -0.25) is 0 Å². The van der Waals surface area contributed by atoms with Crippen LogP contribution in [-0.4, -0.2) is 42.7 Å². The first kappa shape index (κ1) is 17.9. The molecule has 0 unspecified atom stereocenters. The molecule has 5 rings (SSSR count). The van der Waals surface area contributed by atoms with E-state index in [9.17, 15) is 4.39 Å². The third kappa shape index (κ3) is 3.62. The molecule has 0 atom stereocenters. The summed E-state index contributed by atoms with van der Waals surface area (Å²) in [5.74, 6) is 1.58. The van der Waals surface area contributed by atoms with Crippen molar-refractivity contribution in [3.63, 3.8) is 0 Å². The maximum absolute atomic E-state index is 14.1. The topological polar surface area (TPSA) is 35.5 Å². The van der Waals surface area contributed by atoms with Crippen LogP contribution < -0.4 is 14.7 Å². The zero-order valence-corrected chi connectivity index (χ0v) is 16.3. The highest BCUT2D eigenvalue weighted by molar-refractivity contribution is 5.51. The number of para-hydroxylation sites is 1. The fourth-order valence-electron chi connectivity index (χ4n) is 4.22. The van der Waals surface area contributed by atoms with Crippen molar-refractivity contribution >= 4 is 17.5 Å². The summed E-state index contributed by atoms with van der Waals surface area (Å²) < 4.78 is 14.1. The number of nitrogens with zero attached hydrogens (tertiary/aromatic N) is 5. The summed E-state index contributed by atoms with van der Waals surface area (Å²) in [6.45, 7) is 4.96. The van der Waals surface area contributed by atoms with E-state index in [2.05, 4.69) is 43.9 Å². The van der Waals surface area contributed by atoms with E-state index in [1.54, 1.807) is 6.07 Å². The zero-order valence-electron chi connectivity index (χ0n) is 16.3. The molecule has 3 aromatic rings. The average molecular weight is 389 g/mol. The van der Waals surface area contributed by atoms with Crippen molar-refractivity contribution in [3.05, 3.63) is 77.7 Å². The first-order chi connectivity index (χ1) is 14.3. The molecule has 0 radical (unpaired) electrons. The van der Waals surface area contributed by atoms with Gasteiger partial charge in [-0.15, -0.1) is 0 Å². The number of benzene rings is 2. The molecule has 0 N–H and O–H groups in total. The summed E-state index contributed by atoms with van der Waals surface area (Å²) in [6, 6.07) is 17.6. The van der Waals surface area contributed by atoms with Crippen LogP contribution in [0.25, 0.3) is 0 Å². The first-order valence-electron chi connectivity index (χ1n) is 10.2. The molecule has 0 aliphatic carbocycles. The molecule has 0 amide bonds. The monoisotopic (exact) mass is 389 g/mol. The van der Waals surface area contributed by atoms with Crippen LogP contribution in [-0.2, 0) is 13.0 Å². The molecule has 1 fully saturated rings. The van der Waals surface area contributed by atoms with Gasteiger partial charge in [-0.1, -0.05) is 36.4 Å². The highest BCUT2D eigenvalue weighted by Gasteiger charge is 2.22. The second-order valence-electron chi connectivity index (χ2n) is 7.58. The van der Waals surface area contributed by atoms with Gasteiger partial charge in [0.25, 0.3) is 0 Å². The minimum atomic E-state index is -0.157. The van der Waals surface area contributed by atoms with E-state index in [4.69, 9.17) is 4.98 Å². The molecule has 6 heteroatoms. The van der Waals surface area contributed by atoms with Crippen LogP contribution in [0.2, 0.25) is 0 Å².